The first kappa shape index (κ1) is 20.9. The molecule has 1 aliphatic rings. The number of aliphatic carboxylic acids is 2. The van der Waals surface area contributed by atoms with Gasteiger partial charge in [0.2, 0.25) is 0 Å². The van der Waals surface area contributed by atoms with Crippen LogP contribution in [0.25, 0.3) is 10.2 Å². The third-order valence-corrected chi connectivity index (χ3v) is 7.12. The fourth-order valence-corrected chi connectivity index (χ4v) is 5.67. The second-order valence-corrected chi connectivity index (χ2v) is 8.59. The normalized spacial score (nSPS) is 24.3. The highest BCUT2D eigenvalue weighted by molar-refractivity contribution is 7.19. The molecule has 3 rings (SSSR count). The van der Waals surface area contributed by atoms with Crippen molar-refractivity contribution in [2.24, 2.45) is 5.41 Å². The van der Waals surface area contributed by atoms with Gasteiger partial charge in [0.25, 0.3) is 5.69 Å². The maximum absolute atomic E-state index is 12.5. The summed E-state index contributed by atoms with van der Waals surface area (Å²) in [6.45, 7) is 5.26. The average molecular weight is 418 g/mol. The van der Waals surface area contributed by atoms with Crippen LogP contribution in [0.2, 0.25) is 0 Å². The van der Waals surface area contributed by atoms with E-state index in [1.54, 1.807) is 26.8 Å². The molecular formula is C20H22N2O6S. The van der Waals surface area contributed by atoms with E-state index in [1.807, 2.05) is 0 Å². The first-order valence-corrected chi connectivity index (χ1v) is 10.1. The van der Waals surface area contributed by atoms with E-state index < -0.39 is 27.7 Å². The highest BCUT2D eigenvalue weighted by Crippen LogP contribution is 2.51. The predicted octanol–water partition coefficient (Wildman–Crippen LogP) is 4.31. The molecule has 2 atom stereocenters. The number of benzene rings is 1. The smallest absolute Gasteiger partial charge is 0.316 e. The number of carbonyl (C=O) groups is 2. The summed E-state index contributed by atoms with van der Waals surface area (Å²) in [5.74, 6) is -2.19. The molecule has 0 aliphatic heterocycles. The topological polar surface area (TPSA) is 131 Å². The fourth-order valence-electron chi connectivity index (χ4n) is 4.31. The molecule has 154 valence electrons. The van der Waals surface area contributed by atoms with Crippen molar-refractivity contribution < 1.29 is 24.7 Å². The molecule has 2 aromatic rings. The van der Waals surface area contributed by atoms with Crippen LogP contribution in [0.1, 0.15) is 50.6 Å². The van der Waals surface area contributed by atoms with Gasteiger partial charge in [-0.2, -0.15) is 0 Å². The van der Waals surface area contributed by atoms with Crippen molar-refractivity contribution in [2.75, 3.05) is 0 Å². The van der Waals surface area contributed by atoms with E-state index in [0.29, 0.717) is 32.8 Å². The zero-order valence-corrected chi connectivity index (χ0v) is 17.2. The molecular weight excluding hydrogens is 396 g/mol. The Morgan fingerprint density at radius 1 is 1.28 bits per heavy atom. The number of rotatable bonds is 6. The molecule has 0 spiro atoms. The van der Waals surface area contributed by atoms with E-state index >= 15 is 0 Å². The van der Waals surface area contributed by atoms with E-state index in [1.165, 1.54) is 12.1 Å². The lowest BCUT2D eigenvalue weighted by Crippen LogP contribution is -2.47. The summed E-state index contributed by atoms with van der Waals surface area (Å²) in [5.41, 5.74) is -1.11. The van der Waals surface area contributed by atoms with Crippen LogP contribution in [-0.4, -0.2) is 32.1 Å². The quantitative estimate of drug-likeness (QED) is 0.406. The molecule has 0 bridgehead atoms. The van der Waals surface area contributed by atoms with Crippen molar-refractivity contribution in [1.82, 2.24) is 4.98 Å². The predicted molar refractivity (Wildman–Crippen MR) is 108 cm³/mol. The van der Waals surface area contributed by atoms with Gasteiger partial charge in [0.1, 0.15) is 10.4 Å². The van der Waals surface area contributed by atoms with E-state index in [0.717, 1.165) is 11.3 Å². The van der Waals surface area contributed by atoms with Gasteiger partial charge < -0.3 is 10.2 Å². The van der Waals surface area contributed by atoms with E-state index in [9.17, 15) is 29.9 Å². The highest BCUT2D eigenvalue weighted by Gasteiger charge is 2.54. The second kappa shape index (κ2) is 7.22. The Labute approximate surface area is 171 Å². The van der Waals surface area contributed by atoms with Gasteiger partial charge in [-0.3, -0.25) is 19.7 Å². The first-order valence-electron chi connectivity index (χ1n) is 9.32. The minimum absolute atomic E-state index is 0.0206. The lowest BCUT2D eigenvalue weighted by Gasteiger charge is -2.40. The maximum Gasteiger partial charge on any atom is 0.316 e. The lowest BCUT2D eigenvalue weighted by molar-refractivity contribution is -0.385. The van der Waals surface area contributed by atoms with Crippen molar-refractivity contribution in [1.29, 1.82) is 0 Å². The number of hydrogen-bond acceptors (Lipinski definition) is 6. The molecule has 0 saturated carbocycles. The number of nitro benzene ring substituents is 1. The summed E-state index contributed by atoms with van der Waals surface area (Å²) in [6.07, 6.45) is 2.36. The summed E-state index contributed by atoms with van der Waals surface area (Å²) in [5, 5.41) is 31.7. The van der Waals surface area contributed by atoms with Gasteiger partial charge >= 0.3 is 11.9 Å². The van der Waals surface area contributed by atoms with Gasteiger partial charge in [0.05, 0.1) is 20.6 Å². The lowest BCUT2D eigenvalue weighted by atomic mass is 9.62. The van der Waals surface area contributed by atoms with E-state index in [4.69, 9.17) is 0 Å². The second-order valence-electron chi connectivity index (χ2n) is 7.59. The Bertz CT molecular complexity index is 1060. The van der Waals surface area contributed by atoms with Crippen LogP contribution < -0.4 is 0 Å². The van der Waals surface area contributed by atoms with Crippen LogP contribution in [0.4, 0.5) is 5.69 Å². The largest absolute Gasteiger partial charge is 0.481 e. The molecule has 0 radical (unpaired) electrons. The van der Waals surface area contributed by atoms with Gasteiger partial charge in [0.15, 0.2) is 0 Å². The van der Waals surface area contributed by atoms with Crippen LogP contribution in [0, 0.1) is 15.5 Å². The van der Waals surface area contributed by atoms with Crippen LogP contribution in [-0.2, 0) is 21.4 Å². The van der Waals surface area contributed by atoms with Crippen LogP contribution >= 0.6 is 11.3 Å². The fraction of sp³-hybridized carbons (Fsp3) is 0.450. The number of hydrogen-bond donors (Lipinski definition) is 2. The molecule has 1 heterocycles. The molecule has 29 heavy (non-hydrogen) atoms. The number of fused-ring (bicyclic) bond motifs is 1. The average Bonchev–Trinajstić information content (AvgIpc) is 3.10. The van der Waals surface area contributed by atoms with Crippen LogP contribution in [0.5, 0.6) is 0 Å². The van der Waals surface area contributed by atoms with E-state index in [-0.39, 0.29) is 24.9 Å². The summed E-state index contributed by atoms with van der Waals surface area (Å²) < 4.78 is 0.585. The molecule has 1 aliphatic carbocycles. The third kappa shape index (κ3) is 3.19. The summed E-state index contributed by atoms with van der Waals surface area (Å²) >= 11 is 1.12. The molecule has 0 fully saturated rings. The minimum Gasteiger partial charge on any atom is -0.481 e. The standard InChI is InChI=1S/C20H22N2O6S/c1-4-12-14(22(27)28)7-6-13-15(12)29-16(21-13)20(18(25)26)9-11(3)8-19(5-2,10-20)17(23)24/h6-8H,4-5,9-10H2,1-3H3,(H,23,24)(H,25,26). The Morgan fingerprint density at radius 2 is 1.97 bits per heavy atom. The van der Waals surface area contributed by atoms with Gasteiger partial charge in [-0.25, -0.2) is 4.98 Å². The Balaban J connectivity index is 2.27. The third-order valence-electron chi connectivity index (χ3n) is 5.78. The van der Waals surface area contributed by atoms with Crippen molar-refractivity contribution >= 4 is 39.2 Å². The Kier molecular flexibility index (Phi) is 5.20. The van der Waals surface area contributed by atoms with Gasteiger partial charge in [-0.1, -0.05) is 25.5 Å². The number of carboxylic acids is 2. The van der Waals surface area contributed by atoms with Crippen molar-refractivity contribution in [3.63, 3.8) is 0 Å². The molecule has 1 aromatic heterocycles. The van der Waals surface area contributed by atoms with Crippen LogP contribution in [0.15, 0.2) is 23.8 Å². The van der Waals surface area contributed by atoms with Gasteiger partial charge in [0, 0.05) is 11.6 Å². The SMILES string of the molecule is CCc1c([N+](=O)[O-])ccc2nc(C3(C(=O)O)CC(C)=CC(CC)(C(=O)O)C3)sc12. The number of aryl methyl sites for hydroxylation is 1. The molecule has 2 N–H and O–H groups in total. The monoisotopic (exact) mass is 418 g/mol. The zero-order chi connectivity index (χ0) is 21.6. The number of nitro groups is 1. The number of carboxylic acid groups (broad SMARTS) is 2. The molecule has 2 unspecified atom stereocenters. The summed E-state index contributed by atoms with van der Waals surface area (Å²) in [7, 11) is 0. The summed E-state index contributed by atoms with van der Waals surface area (Å²) in [6, 6.07) is 2.91. The van der Waals surface area contributed by atoms with Crippen molar-refractivity contribution in [3.05, 3.63) is 44.5 Å². The number of nitrogens with zero attached hydrogens (tertiary/aromatic N) is 2. The molecule has 9 heteroatoms. The summed E-state index contributed by atoms with van der Waals surface area (Å²) in [4.78, 5) is 40.0. The molecule has 1 aromatic carbocycles. The van der Waals surface area contributed by atoms with Crippen molar-refractivity contribution in [3.8, 4) is 0 Å². The maximum atomic E-state index is 12.5. The minimum atomic E-state index is -1.49. The first-order chi connectivity index (χ1) is 13.6. The molecule has 0 saturated heterocycles. The van der Waals surface area contributed by atoms with Gasteiger partial charge in [-0.15, -0.1) is 11.3 Å². The highest BCUT2D eigenvalue weighted by atomic mass is 32.1. The number of aromatic nitrogens is 1. The molecule has 0 amide bonds. The Morgan fingerprint density at radius 3 is 2.48 bits per heavy atom. The van der Waals surface area contributed by atoms with Gasteiger partial charge in [-0.05, 0) is 38.7 Å². The molecule has 8 nitrogen and oxygen atoms in total. The Hall–Kier alpha value is -2.81. The number of thiazole rings is 1. The van der Waals surface area contributed by atoms with Crippen molar-refractivity contribution in [2.45, 2.75) is 51.9 Å². The number of allylic oxidation sites excluding steroid dienone is 1. The van der Waals surface area contributed by atoms with Crippen LogP contribution in [0.3, 0.4) is 0 Å². The van der Waals surface area contributed by atoms with E-state index in [2.05, 4.69) is 4.98 Å². The zero-order valence-electron chi connectivity index (χ0n) is 16.4.